The van der Waals surface area contributed by atoms with Crippen molar-refractivity contribution in [1.29, 1.82) is 0 Å². The van der Waals surface area contributed by atoms with E-state index in [1.54, 1.807) is 41.5 Å². The fourth-order valence-electron chi connectivity index (χ4n) is 2.69. The van der Waals surface area contributed by atoms with Gasteiger partial charge in [-0.2, -0.15) is 0 Å². The summed E-state index contributed by atoms with van der Waals surface area (Å²) in [5.74, 6) is 1.35. The van der Waals surface area contributed by atoms with E-state index in [-0.39, 0.29) is 54.5 Å². The van der Waals surface area contributed by atoms with Crippen molar-refractivity contribution in [1.82, 2.24) is 0 Å². The van der Waals surface area contributed by atoms with E-state index in [9.17, 15) is 30.6 Å². The van der Waals surface area contributed by atoms with Gasteiger partial charge in [-0.1, -0.05) is 178 Å². The van der Waals surface area contributed by atoms with Gasteiger partial charge in [-0.3, -0.25) is 0 Å². The topological polar surface area (TPSA) is 138 Å². The maximum absolute atomic E-state index is 10.4. The molecule has 0 aliphatic carbocycles. The predicted octanol–water partition coefficient (Wildman–Crippen LogP) is 3.19. The molecular weight excluding hydrogens is 546 g/mol. The van der Waals surface area contributed by atoms with Crippen molar-refractivity contribution >= 4 is 34.7 Å². The average Bonchev–Trinajstić information content (AvgIpc) is 2.86. The van der Waals surface area contributed by atoms with Gasteiger partial charge in [0.1, 0.15) is 0 Å². The molecule has 3 atom stereocenters. The number of rotatable bonds is 15. The van der Waals surface area contributed by atoms with Crippen LogP contribution in [0, 0.1) is 17.8 Å². The predicted molar refractivity (Wildman–Crippen MR) is 171 cm³/mol. The Bertz CT molecular complexity index is 290. The van der Waals surface area contributed by atoms with Crippen LogP contribution in [0.15, 0.2) is 0 Å². The molecule has 0 radical (unpaired) electrons. The van der Waals surface area contributed by atoms with E-state index < -0.39 is 18.3 Å². The smallest absolute Gasteiger partial charge is 0.854 e. The number of unbranched alkanes of at least 4 members (excludes halogenated alkanes) is 3. The van der Waals surface area contributed by atoms with Gasteiger partial charge in [0.2, 0.25) is 0 Å². The molecule has 0 rings (SSSR count). The van der Waals surface area contributed by atoms with Crippen molar-refractivity contribution < 1.29 is 30.6 Å². The summed E-state index contributed by atoms with van der Waals surface area (Å²) in [6.07, 6.45) is 12.7. The molecule has 0 aromatic rings. The first-order valence-electron chi connectivity index (χ1n) is 16.0. The third-order valence-electron chi connectivity index (χ3n) is 5.34. The van der Waals surface area contributed by atoms with Crippen LogP contribution in [0.2, 0.25) is 0 Å². The number of hydrogen-bond acceptors (Lipinski definition) is 6. The first-order chi connectivity index (χ1) is 18.2. The molecule has 0 aliphatic heterocycles. The molecular formula is C33H72Al2O6. The summed E-state index contributed by atoms with van der Waals surface area (Å²) < 4.78 is 0. The summed E-state index contributed by atoms with van der Waals surface area (Å²) in [5, 5.41) is 59.7. The van der Waals surface area contributed by atoms with E-state index in [4.69, 9.17) is 0 Å². The Morgan fingerprint density at radius 2 is 0.537 bits per heavy atom. The molecule has 0 spiro atoms. The van der Waals surface area contributed by atoms with Gasteiger partial charge in [0.25, 0.3) is 0 Å². The van der Waals surface area contributed by atoms with Crippen LogP contribution >= 0.6 is 0 Å². The second-order valence-corrected chi connectivity index (χ2v) is 10.9. The molecule has 0 amide bonds. The Kier molecular flexibility index (Phi) is 84.1. The molecule has 0 bridgehead atoms. The van der Waals surface area contributed by atoms with Gasteiger partial charge < -0.3 is 30.6 Å². The molecule has 0 aliphatic rings. The minimum atomic E-state index is -0.417. The fraction of sp³-hybridized carbons (Fsp3) is 1.00. The van der Waals surface area contributed by atoms with Crippen LogP contribution in [-0.4, -0.2) is 72.9 Å². The van der Waals surface area contributed by atoms with Crippen molar-refractivity contribution in [2.24, 2.45) is 17.8 Å². The monoisotopic (exact) mass is 618 g/mol. The summed E-state index contributed by atoms with van der Waals surface area (Å²) in [6, 6.07) is 0. The Hall–Kier alpha value is 0.825. The van der Waals surface area contributed by atoms with E-state index in [1.807, 2.05) is 0 Å². The zero-order valence-electron chi connectivity index (χ0n) is 29.7. The molecule has 246 valence electrons. The zero-order chi connectivity index (χ0) is 32.1. The summed E-state index contributed by atoms with van der Waals surface area (Å²) in [4.78, 5) is 0. The SMILES string of the molecule is CC(C)[O-].CC(C)[O-].CC(C)[O-].CCCCC(CC)C[O-].CCCCC(CC)C[O-].CCCCC(CC)C[O-].[Al+3].[Al+3]. The Morgan fingerprint density at radius 3 is 0.610 bits per heavy atom. The van der Waals surface area contributed by atoms with Crippen molar-refractivity contribution in [3.05, 3.63) is 0 Å². The quantitative estimate of drug-likeness (QED) is 0.258. The second-order valence-electron chi connectivity index (χ2n) is 10.9. The summed E-state index contributed by atoms with van der Waals surface area (Å²) >= 11 is 0. The van der Waals surface area contributed by atoms with Crippen LogP contribution in [0.4, 0.5) is 0 Å². The maximum atomic E-state index is 10.4. The first kappa shape index (κ1) is 60.9. The molecule has 0 saturated heterocycles. The van der Waals surface area contributed by atoms with Gasteiger partial charge in [-0.15, -0.1) is 38.1 Å². The zero-order valence-corrected chi connectivity index (χ0v) is 32.0. The average molecular weight is 619 g/mol. The molecule has 0 N–H and O–H groups in total. The third-order valence-corrected chi connectivity index (χ3v) is 5.34. The molecule has 0 fully saturated rings. The van der Waals surface area contributed by atoms with E-state index >= 15 is 0 Å². The van der Waals surface area contributed by atoms with Gasteiger partial charge in [0.05, 0.1) is 0 Å². The van der Waals surface area contributed by atoms with E-state index in [1.165, 1.54) is 38.5 Å². The number of hydrogen-bond donors (Lipinski definition) is 0. The molecule has 3 unspecified atom stereocenters. The molecule has 0 aromatic heterocycles. The Morgan fingerprint density at radius 1 is 0.390 bits per heavy atom. The molecule has 6 nitrogen and oxygen atoms in total. The molecule has 41 heavy (non-hydrogen) atoms. The van der Waals surface area contributed by atoms with E-state index in [0.717, 1.165) is 38.5 Å². The summed E-state index contributed by atoms with van der Waals surface area (Å²) in [6.45, 7) is 22.8. The molecule has 0 aromatic carbocycles. The molecule has 8 heteroatoms. The van der Waals surface area contributed by atoms with Gasteiger partial charge >= 0.3 is 34.7 Å². The fourth-order valence-corrected chi connectivity index (χ4v) is 2.69. The van der Waals surface area contributed by atoms with Crippen LogP contribution in [-0.2, 0) is 0 Å². The molecule has 0 heterocycles. The first-order valence-corrected chi connectivity index (χ1v) is 16.0. The van der Waals surface area contributed by atoms with Crippen molar-refractivity contribution in [2.75, 3.05) is 19.8 Å². The normalized spacial score (nSPS) is 11.6. The summed E-state index contributed by atoms with van der Waals surface area (Å²) in [7, 11) is 0. The van der Waals surface area contributed by atoms with E-state index in [0.29, 0.717) is 17.8 Å². The van der Waals surface area contributed by atoms with Crippen LogP contribution in [0.1, 0.15) is 160 Å². The van der Waals surface area contributed by atoms with Crippen molar-refractivity contribution in [3.8, 4) is 0 Å². The van der Waals surface area contributed by atoms with Gasteiger partial charge in [0.15, 0.2) is 0 Å². The summed E-state index contributed by atoms with van der Waals surface area (Å²) in [5.41, 5.74) is 0. The Balaban J connectivity index is -0.0000000546. The van der Waals surface area contributed by atoms with Crippen LogP contribution in [0.25, 0.3) is 0 Å². The van der Waals surface area contributed by atoms with Crippen molar-refractivity contribution in [3.63, 3.8) is 0 Å². The van der Waals surface area contributed by atoms with Gasteiger partial charge in [-0.25, -0.2) is 0 Å². The van der Waals surface area contributed by atoms with Crippen LogP contribution in [0.5, 0.6) is 0 Å². The van der Waals surface area contributed by atoms with Gasteiger partial charge in [0, 0.05) is 0 Å². The van der Waals surface area contributed by atoms with Crippen molar-refractivity contribution in [2.45, 2.75) is 178 Å². The standard InChI is InChI=1S/3C8H17O.3C3H7O.2Al/c3*1-3-5-6-8(4-2)7-9;3*1-3(2)4;;/h3*8H,3-7H2,1-2H3;3*3H,1-2H3;;/q6*-1;2*+3. The third kappa shape index (κ3) is 99.9. The van der Waals surface area contributed by atoms with Gasteiger partial charge in [-0.05, 0) is 0 Å². The largest absolute Gasteiger partial charge is 3.00 e. The van der Waals surface area contributed by atoms with Crippen LogP contribution in [0.3, 0.4) is 0 Å². The molecule has 0 saturated carbocycles. The minimum Gasteiger partial charge on any atom is -0.854 e. The second kappa shape index (κ2) is 56.6. The van der Waals surface area contributed by atoms with E-state index in [2.05, 4.69) is 41.5 Å². The van der Waals surface area contributed by atoms with Crippen LogP contribution < -0.4 is 30.6 Å². The minimum absolute atomic E-state index is 0. The Labute approximate surface area is 280 Å². The maximum Gasteiger partial charge on any atom is 3.00 e.